The summed E-state index contributed by atoms with van der Waals surface area (Å²) in [6.45, 7) is 0.0929. The molecule has 4 aliphatic rings. The monoisotopic (exact) mass is 958 g/mol. The maximum Gasteiger partial charge on any atom is 0.490 e. The summed E-state index contributed by atoms with van der Waals surface area (Å²) >= 11 is 20.6. The van der Waals surface area contributed by atoms with Crippen molar-refractivity contribution in [2.45, 2.75) is 41.5 Å². The van der Waals surface area contributed by atoms with Crippen molar-refractivity contribution >= 4 is 99.1 Å². The lowest BCUT2D eigenvalue weighted by molar-refractivity contribution is -0.192. The predicted octanol–water partition coefficient (Wildman–Crippen LogP) is 0.806. The number of nitrogens with one attached hydrogen (secondary N) is 6. The third-order valence-electron chi connectivity index (χ3n) is 8.68. The number of hydrogen-bond donors (Lipinski definition) is 11. The molecule has 1 saturated carbocycles. The number of alkyl halides is 4. The number of nitrogens with zero attached hydrogens (tertiary/aromatic N) is 2. The number of carboxylic acid groups (broad SMARTS) is 1. The van der Waals surface area contributed by atoms with Gasteiger partial charge in [-0.25, -0.2) is 9.79 Å². The van der Waals surface area contributed by atoms with Gasteiger partial charge in [-0.15, -0.1) is 11.6 Å². The van der Waals surface area contributed by atoms with E-state index in [1.54, 1.807) is 17.0 Å². The molecule has 48 heavy (non-hydrogen) atoms. The average Bonchev–Trinajstić information content (AvgIpc) is 3.76. The summed E-state index contributed by atoms with van der Waals surface area (Å²) in [4.78, 5) is 46.8. The second kappa shape index (κ2) is 13.3. The number of aliphatic hydroxyl groups is 2. The zero-order chi connectivity index (χ0) is 35.7. The molecule has 1 aliphatic carbocycles. The number of aliphatic carboxylic acids is 1. The predicted molar refractivity (Wildman–Crippen MR) is 176 cm³/mol. The fourth-order valence-electron chi connectivity index (χ4n) is 6.94. The fourth-order valence-corrected chi connectivity index (χ4v) is 8.88. The summed E-state index contributed by atoms with van der Waals surface area (Å²) in [7, 11) is 0. The van der Waals surface area contributed by atoms with Gasteiger partial charge in [0, 0.05) is 24.9 Å². The van der Waals surface area contributed by atoms with E-state index < -0.39 is 77.0 Å². The number of carbonyl (C=O) groups is 3. The normalized spacial score (nSPS) is 33.4. The quantitative estimate of drug-likeness (QED) is 0.181. The van der Waals surface area contributed by atoms with Crippen LogP contribution in [0.25, 0.3) is 0 Å². The first kappa shape index (κ1) is 37.3. The van der Waals surface area contributed by atoms with Gasteiger partial charge >= 0.3 is 12.1 Å². The highest BCUT2D eigenvalue weighted by atomic mass is 79.9. The summed E-state index contributed by atoms with van der Waals surface area (Å²) in [6.07, 6.45) is -8.13. The standard InChI is InChI=1S/C22H25Br4ClN10O4.C2HF3O2/c23-7-1-9(32-13(7)25)15(38)30-3-5-6(4-31-16(39)10-2-8(24)14(26)33-10)12(27)21-11(5)22(41)17(34-19(28)36-22)37(21)20(29)35-18(21)40;3-2(4,5)1(6)7/h1-2,5-6,11-12,17-19,32-34,36,40-41H,3-4,28H2,(H2,29,35)(H,30,38)(H,31,39);(H,6,7)/t5-,6-,11+,12+,17-,18+,19?,21+,22-;/m0./s1. The minimum absolute atomic E-state index is 0.00730. The first-order chi connectivity index (χ1) is 22.2. The molecule has 0 aromatic carbocycles. The molecule has 3 aliphatic heterocycles. The van der Waals surface area contributed by atoms with Crippen LogP contribution in [0.4, 0.5) is 13.2 Å². The second-order valence-electron chi connectivity index (χ2n) is 11.3. The highest BCUT2D eigenvalue weighted by molar-refractivity contribution is 9.13. The summed E-state index contributed by atoms with van der Waals surface area (Å²) in [6, 6.07) is 3.26. The van der Waals surface area contributed by atoms with Crippen molar-refractivity contribution in [2.75, 3.05) is 13.1 Å². The van der Waals surface area contributed by atoms with E-state index in [-0.39, 0.29) is 19.0 Å². The number of carbonyl (C=O) groups excluding carboxylic acids is 2. The minimum atomic E-state index is -5.08. The Hall–Kier alpha value is -1.96. The van der Waals surface area contributed by atoms with Crippen molar-refractivity contribution in [1.29, 1.82) is 0 Å². The number of H-pyrrole nitrogens is 2. The Kier molecular flexibility index (Phi) is 10.3. The van der Waals surface area contributed by atoms with E-state index in [1.165, 1.54) is 0 Å². The number of carboxylic acids is 1. The zero-order valence-corrected chi connectivity index (χ0v) is 30.8. The molecule has 16 nitrogen and oxygen atoms in total. The molecule has 24 heteroatoms. The Morgan fingerprint density at radius 2 is 1.50 bits per heavy atom. The molecule has 2 aromatic rings. The number of rotatable bonds is 6. The summed E-state index contributed by atoms with van der Waals surface area (Å²) in [5, 5.41) is 41.6. The van der Waals surface area contributed by atoms with Gasteiger partial charge < -0.3 is 52.3 Å². The van der Waals surface area contributed by atoms with Crippen LogP contribution >= 0.6 is 75.3 Å². The van der Waals surface area contributed by atoms with Crippen LogP contribution in [0.5, 0.6) is 0 Å². The smallest absolute Gasteiger partial charge is 0.475 e. The largest absolute Gasteiger partial charge is 0.490 e. The third-order valence-corrected chi connectivity index (χ3v) is 12.9. The van der Waals surface area contributed by atoms with Gasteiger partial charge in [0.25, 0.3) is 11.8 Å². The van der Waals surface area contributed by atoms with E-state index in [1.807, 2.05) is 0 Å². The molecule has 13 N–H and O–H groups in total. The molecule has 2 amide bonds. The number of amides is 2. The topological polar surface area (TPSA) is 259 Å². The van der Waals surface area contributed by atoms with Gasteiger partial charge in [-0.3, -0.25) is 20.2 Å². The van der Waals surface area contributed by atoms with E-state index in [0.29, 0.717) is 29.5 Å². The molecule has 2 saturated heterocycles. The van der Waals surface area contributed by atoms with Crippen LogP contribution in [0.2, 0.25) is 0 Å². The van der Waals surface area contributed by atoms with E-state index in [4.69, 9.17) is 33.0 Å². The number of aromatic nitrogens is 2. The SMILES string of the molecule is NC1=N[C@H](O)[C@]23[C@H](Cl)[C@@H](CNC(=O)c4cc(Br)c(Br)[nH]4)[C@H](CNC(=O)c4cc(Br)c(Br)[nH]4)[C@H]2[C@@]2(O)NC(N)N[C@H]2N13.O=C(O)C(F)(F)F. The fraction of sp³-hybridized carbons (Fsp3) is 0.500. The van der Waals surface area contributed by atoms with Crippen molar-refractivity contribution in [1.82, 2.24) is 36.1 Å². The molecule has 0 bridgehead atoms. The first-order valence-electron chi connectivity index (χ1n) is 13.7. The Bertz CT molecular complexity index is 1630. The first-order valence-corrected chi connectivity index (χ1v) is 17.3. The lowest BCUT2D eigenvalue weighted by Gasteiger charge is -2.40. The molecular formula is C24H26Br4ClF3N10O6. The third kappa shape index (κ3) is 6.16. The second-order valence-corrected chi connectivity index (χ2v) is 15.0. The molecule has 1 spiro atoms. The molecule has 9 atom stereocenters. The number of fused-ring (bicyclic) bond motifs is 3. The zero-order valence-electron chi connectivity index (χ0n) is 23.7. The number of hydrogen-bond acceptors (Lipinski definition) is 11. The number of aliphatic hydroxyl groups excluding tert-OH is 1. The highest BCUT2D eigenvalue weighted by Gasteiger charge is 2.81. The molecule has 6 rings (SSSR count). The lowest BCUT2D eigenvalue weighted by Crippen LogP contribution is -2.63. The highest BCUT2D eigenvalue weighted by Crippen LogP contribution is 2.63. The Balaban J connectivity index is 0.000000582. The Labute approximate surface area is 306 Å². The van der Waals surface area contributed by atoms with Gasteiger partial charge in [0.15, 0.2) is 17.9 Å². The van der Waals surface area contributed by atoms with Gasteiger partial charge in [-0.1, -0.05) is 0 Å². The Morgan fingerprint density at radius 3 is 1.94 bits per heavy atom. The van der Waals surface area contributed by atoms with Crippen LogP contribution < -0.4 is 32.7 Å². The van der Waals surface area contributed by atoms with Crippen molar-refractivity contribution in [3.8, 4) is 0 Å². The van der Waals surface area contributed by atoms with Crippen molar-refractivity contribution < 1.29 is 42.9 Å². The van der Waals surface area contributed by atoms with Gasteiger partial charge in [0.05, 0.1) is 23.5 Å². The van der Waals surface area contributed by atoms with E-state index in [9.17, 15) is 33.0 Å². The number of aromatic amines is 2. The lowest BCUT2D eigenvalue weighted by atomic mass is 9.77. The molecule has 264 valence electrons. The number of aliphatic imine (C=N–C) groups is 1. The van der Waals surface area contributed by atoms with Gasteiger partial charge in [0.2, 0.25) is 0 Å². The van der Waals surface area contributed by atoms with Gasteiger partial charge in [-0.2, -0.15) is 13.2 Å². The molecule has 1 unspecified atom stereocenters. The van der Waals surface area contributed by atoms with Crippen LogP contribution in [0.1, 0.15) is 21.0 Å². The minimum Gasteiger partial charge on any atom is -0.475 e. The van der Waals surface area contributed by atoms with Crippen molar-refractivity contribution in [3.05, 3.63) is 41.7 Å². The molecule has 3 fully saturated rings. The maximum atomic E-state index is 13.1. The number of guanidine groups is 1. The molecule has 2 aromatic heterocycles. The van der Waals surface area contributed by atoms with Crippen LogP contribution in [0.15, 0.2) is 35.3 Å². The van der Waals surface area contributed by atoms with E-state index in [2.05, 4.69) is 99.9 Å². The van der Waals surface area contributed by atoms with Crippen LogP contribution in [-0.2, 0) is 4.79 Å². The van der Waals surface area contributed by atoms with Gasteiger partial charge in [0.1, 0.15) is 29.4 Å². The van der Waals surface area contributed by atoms with Crippen molar-refractivity contribution in [3.63, 3.8) is 0 Å². The van der Waals surface area contributed by atoms with E-state index in [0.717, 1.165) is 0 Å². The molecule has 5 heterocycles. The summed E-state index contributed by atoms with van der Waals surface area (Å²) in [5.41, 5.74) is 9.92. The van der Waals surface area contributed by atoms with Gasteiger partial charge in [-0.05, 0) is 81.8 Å². The van der Waals surface area contributed by atoms with Crippen LogP contribution in [0.3, 0.4) is 0 Å². The Morgan fingerprint density at radius 1 is 1.02 bits per heavy atom. The van der Waals surface area contributed by atoms with Crippen LogP contribution in [0, 0.1) is 17.8 Å². The average molecular weight is 963 g/mol. The summed E-state index contributed by atoms with van der Waals surface area (Å²) in [5.74, 6) is -5.53. The van der Waals surface area contributed by atoms with Crippen LogP contribution in [-0.4, -0.2) is 109 Å². The van der Waals surface area contributed by atoms with Crippen molar-refractivity contribution in [2.24, 2.45) is 34.2 Å². The summed E-state index contributed by atoms with van der Waals surface area (Å²) < 4.78 is 34.3. The molecule has 0 radical (unpaired) electrons. The van der Waals surface area contributed by atoms with E-state index >= 15 is 0 Å². The number of nitrogens with two attached hydrogens (primary N) is 2. The maximum absolute atomic E-state index is 13.1. The number of halogens is 8. The molecular weight excluding hydrogens is 936 g/mol.